The minimum absolute atomic E-state index is 0.604. The van der Waals surface area contributed by atoms with Gasteiger partial charge in [-0.2, -0.15) is 0 Å². The number of benzene rings is 2. The molecule has 0 amide bonds. The first-order valence-electron chi connectivity index (χ1n) is 7.02. The molecule has 20 heavy (non-hydrogen) atoms. The van der Waals surface area contributed by atoms with Crippen molar-refractivity contribution in [1.82, 2.24) is 4.57 Å². The smallest absolute Gasteiger partial charge is 0.0485 e. The van der Waals surface area contributed by atoms with Crippen LogP contribution in [-0.4, -0.2) is 4.57 Å². The van der Waals surface area contributed by atoms with Crippen molar-refractivity contribution in [2.45, 2.75) is 26.9 Å². The lowest BCUT2D eigenvalue weighted by atomic mass is 10.0. The van der Waals surface area contributed by atoms with Crippen LogP contribution in [0.4, 0.5) is 0 Å². The second-order valence-electron chi connectivity index (χ2n) is 5.40. The summed E-state index contributed by atoms with van der Waals surface area (Å²) in [4.78, 5) is 0. The van der Waals surface area contributed by atoms with Gasteiger partial charge in [-0.15, -0.1) is 0 Å². The van der Waals surface area contributed by atoms with Gasteiger partial charge in [-0.1, -0.05) is 36.4 Å². The third-order valence-corrected chi connectivity index (χ3v) is 3.99. The molecule has 3 aromatic rings. The normalized spacial score (nSPS) is 11.2. The molecule has 2 aromatic carbocycles. The molecule has 0 bridgehead atoms. The van der Waals surface area contributed by atoms with E-state index in [0.29, 0.717) is 6.54 Å². The Labute approximate surface area is 119 Å². The van der Waals surface area contributed by atoms with E-state index in [1.54, 1.807) is 0 Å². The monoisotopic (exact) mass is 264 g/mol. The molecule has 0 unspecified atom stereocenters. The van der Waals surface area contributed by atoms with Crippen LogP contribution in [-0.2, 0) is 13.1 Å². The van der Waals surface area contributed by atoms with Crippen LogP contribution in [0.25, 0.3) is 10.9 Å². The average molecular weight is 264 g/mol. The zero-order chi connectivity index (χ0) is 14.1. The summed E-state index contributed by atoms with van der Waals surface area (Å²) < 4.78 is 2.37. The van der Waals surface area contributed by atoms with Crippen LogP contribution in [0.1, 0.15) is 22.4 Å². The van der Waals surface area contributed by atoms with Gasteiger partial charge in [0.15, 0.2) is 0 Å². The van der Waals surface area contributed by atoms with Crippen LogP contribution in [0.3, 0.4) is 0 Å². The molecule has 0 saturated heterocycles. The fourth-order valence-corrected chi connectivity index (χ4v) is 2.79. The lowest BCUT2D eigenvalue weighted by molar-refractivity contribution is 0.798. The Hall–Kier alpha value is -2.06. The molecule has 1 heterocycles. The van der Waals surface area contributed by atoms with E-state index in [-0.39, 0.29) is 0 Å². The fraction of sp³-hybridized carbons (Fsp3) is 0.222. The number of fused-ring (bicyclic) bond motifs is 1. The highest BCUT2D eigenvalue weighted by Crippen LogP contribution is 2.22. The van der Waals surface area contributed by atoms with Crippen LogP contribution in [0.2, 0.25) is 0 Å². The van der Waals surface area contributed by atoms with Gasteiger partial charge in [0.05, 0.1) is 0 Å². The summed E-state index contributed by atoms with van der Waals surface area (Å²) in [6, 6.07) is 17.3. The number of hydrogen-bond donors (Lipinski definition) is 1. The maximum Gasteiger partial charge on any atom is 0.0485 e. The van der Waals surface area contributed by atoms with E-state index in [2.05, 4.69) is 66.9 Å². The van der Waals surface area contributed by atoms with Gasteiger partial charge in [-0.3, -0.25) is 0 Å². The summed E-state index contributed by atoms with van der Waals surface area (Å²) in [7, 11) is 0. The highest BCUT2D eigenvalue weighted by molar-refractivity contribution is 5.81. The van der Waals surface area contributed by atoms with Gasteiger partial charge in [-0.25, -0.2) is 0 Å². The van der Waals surface area contributed by atoms with Crippen LogP contribution >= 0.6 is 0 Å². The zero-order valence-electron chi connectivity index (χ0n) is 12.1. The molecule has 2 N–H and O–H groups in total. The van der Waals surface area contributed by atoms with E-state index in [1.165, 1.54) is 33.3 Å². The van der Waals surface area contributed by atoms with Crippen molar-refractivity contribution in [2.75, 3.05) is 0 Å². The first-order valence-corrected chi connectivity index (χ1v) is 7.02. The van der Waals surface area contributed by atoms with Crippen molar-refractivity contribution < 1.29 is 0 Å². The Balaban J connectivity index is 2.03. The molecule has 2 heteroatoms. The van der Waals surface area contributed by atoms with Gasteiger partial charge >= 0.3 is 0 Å². The maximum atomic E-state index is 5.70. The number of aromatic nitrogens is 1. The minimum atomic E-state index is 0.604. The van der Waals surface area contributed by atoms with Crippen LogP contribution in [0.15, 0.2) is 48.5 Å². The number of hydrogen-bond acceptors (Lipinski definition) is 1. The first kappa shape index (κ1) is 12.9. The van der Waals surface area contributed by atoms with Gasteiger partial charge in [-0.05, 0) is 48.1 Å². The molecular weight excluding hydrogens is 244 g/mol. The minimum Gasteiger partial charge on any atom is -0.340 e. The quantitative estimate of drug-likeness (QED) is 0.767. The molecule has 0 spiro atoms. The molecule has 0 aliphatic heterocycles. The predicted octanol–water partition coefficient (Wildman–Crippen LogP) is 3.77. The third-order valence-electron chi connectivity index (χ3n) is 3.99. The first-order chi connectivity index (χ1) is 9.69. The van der Waals surface area contributed by atoms with Crippen LogP contribution in [0, 0.1) is 13.8 Å². The number of aryl methyl sites for hydroxylation is 2. The zero-order valence-corrected chi connectivity index (χ0v) is 12.1. The molecular formula is C18H20N2. The second-order valence-corrected chi connectivity index (χ2v) is 5.40. The van der Waals surface area contributed by atoms with Crippen LogP contribution in [0.5, 0.6) is 0 Å². The Bertz CT molecular complexity index is 753. The Morgan fingerprint density at radius 2 is 1.80 bits per heavy atom. The highest BCUT2D eigenvalue weighted by Gasteiger charge is 2.07. The molecule has 0 atom stereocenters. The summed E-state index contributed by atoms with van der Waals surface area (Å²) >= 11 is 0. The standard InChI is InChI=1S/C18H20N2/c1-13-9-15(11-19)7-8-17(13)12-20-14(2)10-16-5-3-4-6-18(16)20/h3-10H,11-12,19H2,1-2H3. The average Bonchev–Trinajstić information content (AvgIpc) is 2.77. The van der Waals surface area contributed by atoms with Crippen molar-refractivity contribution in [2.24, 2.45) is 5.73 Å². The van der Waals surface area contributed by atoms with Crippen molar-refractivity contribution in [3.63, 3.8) is 0 Å². The van der Waals surface area contributed by atoms with Gasteiger partial charge in [0.2, 0.25) is 0 Å². The van der Waals surface area contributed by atoms with Crippen molar-refractivity contribution in [3.05, 3.63) is 70.9 Å². The third kappa shape index (κ3) is 2.23. The number of rotatable bonds is 3. The van der Waals surface area contributed by atoms with Gasteiger partial charge in [0.25, 0.3) is 0 Å². The van der Waals surface area contributed by atoms with Gasteiger partial charge in [0.1, 0.15) is 0 Å². The molecule has 2 nitrogen and oxygen atoms in total. The SMILES string of the molecule is Cc1cc(CN)ccc1Cn1c(C)cc2ccccc21. The molecule has 3 rings (SSSR count). The van der Waals surface area contributed by atoms with Crippen molar-refractivity contribution in [1.29, 1.82) is 0 Å². The number of nitrogens with zero attached hydrogens (tertiary/aromatic N) is 1. The van der Waals surface area contributed by atoms with E-state index in [0.717, 1.165) is 6.54 Å². The summed E-state index contributed by atoms with van der Waals surface area (Å²) in [5.41, 5.74) is 12.2. The second kappa shape index (κ2) is 5.14. The van der Waals surface area contributed by atoms with E-state index in [9.17, 15) is 0 Å². The molecule has 0 radical (unpaired) electrons. The highest BCUT2D eigenvalue weighted by atomic mass is 15.0. The summed E-state index contributed by atoms with van der Waals surface area (Å²) in [6.07, 6.45) is 0. The molecule has 102 valence electrons. The van der Waals surface area contributed by atoms with Crippen molar-refractivity contribution >= 4 is 10.9 Å². The predicted molar refractivity (Wildman–Crippen MR) is 84.8 cm³/mol. The Morgan fingerprint density at radius 3 is 2.55 bits per heavy atom. The molecule has 0 aliphatic carbocycles. The van der Waals surface area contributed by atoms with E-state index < -0.39 is 0 Å². The molecule has 0 saturated carbocycles. The number of para-hydroxylation sites is 1. The summed E-state index contributed by atoms with van der Waals surface area (Å²) in [5, 5.41) is 1.31. The molecule has 1 aromatic heterocycles. The van der Waals surface area contributed by atoms with Crippen LogP contribution < -0.4 is 5.73 Å². The molecule has 0 fully saturated rings. The van der Waals surface area contributed by atoms with E-state index >= 15 is 0 Å². The summed E-state index contributed by atoms with van der Waals surface area (Å²) in [6.45, 7) is 5.85. The van der Waals surface area contributed by atoms with Gasteiger partial charge < -0.3 is 10.3 Å². The lowest BCUT2D eigenvalue weighted by Gasteiger charge is -2.12. The largest absolute Gasteiger partial charge is 0.340 e. The maximum absolute atomic E-state index is 5.70. The van der Waals surface area contributed by atoms with E-state index in [4.69, 9.17) is 5.73 Å². The Kier molecular flexibility index (Phi) is 3.33. The molecule has 0 aliphatic rings. The topological polar surface area (TPSA) is 30.9 Å². The fourth-order valence-electron chi connectivity index (χ4n) is 2.79. The van der Waals surface area contributed by atoms with E-state index in [1.807, 2.05) is 0 Å². The summed E-state index contributed by atoms with van der Waals surface area (Å²) in [5.74, 6) is 0. The Morgan fingerprint density at radius 1 is 1.00 bits per heavy atom. The lowest BCUT2D eigenvalue weighted by Crippen LogP contribution is -2.04. The van der Waals surface area contributed by atoms with Crippen molar-refractivity contribution in [3.8, 4) is 0 Å². The van der Waals surface area contributed by atoms with Gasteiger partial charge in [0, 0.05) is 24.3 Å². The number of nitrogens with two attached hydrogens (primary N) is 1.